The summed E-state index contributed by atoms with van der Waals surface area (Å²) in [6.07, 6.45) is -0.431. The molecule has 0 aliphatic heterocycles. The lowest BCUT2D eigenvalue weighted by Gasteiger charge is -2.11. The van der Waals surface area contributed by atoms with Crippen LogP contribution in [0.4, 0.5) is 0 Å². The van der Waals surface area contributed by atoms with Gasteiger partial charge >= 0.3 is 13.6 Å². The Bertz CT molecular complexity index is 183. The van der Waals surface area contributed by atoms with Gasteiger partial charge in [-0.15, -0.1) is 0 Å². The van der Waals surface area contributed by atoms with Gasteiger partial charge in [0, 0.05) is 6.61 Å². The molecule has 0 spiro atoms. The lowest BCUT2D eigenvalue weighted by Crippen LogP contribution is -2.21. The molecular weight excluding hydrogens is 175 g/mol. The largest absolute Gasteiger partial charge is 0.481 e. The first-order valence-corrected chi connectivity index (χ1v) is 4.46. The Morgan fingerprint density at radius 3 is 2.00 bits per heavy atom. The second kappa shape index (κ2) is 3.82. The Labute approximate surface area is 62.6 Å². The minimum absolute atomic E-state index is 0.431. The number of carboxylic acid groups (broad SMARTS) is 1. The number of rotatable bonds is 4. The molecule has 0 saturated carbocycles. The van der Waals surface area contributed by atoms with Crippen molar-refractivity contribution in [3.8, 4) is 0 Å². The van der Waals surface area contributed by atoms with E-state index in [2.05, 4.69) is 0 Å². The smallest absolute Gasteiger partial charge is 0.339 e. The van der Waals surface area contributed by atoms with Gasteiger partial charge in [-0.05, 0) is 6.42 Å². The van der Waals surface area contributed by atoms with Crippen LogP contribution in [-0.4, -0.2) is 38.2 Å². The SMILES string of the molecule is O=C(O)C(CCO)P(=O)(O)O. The molecule has 0 aromatic rings. The van der Waals surface area contributed by atoms with Crippen LogP contribution >= 0.6 is 7.60 Å². The minimum atomic E-state index is -4.61. The average Bonchev–Trinajstić information content (AvgIpc) is 1.79. The highest BCUT2D eigenvalue weighted by Crippen LogP contribution is 2.42. The van der Waals surface area contributed by atoms with E-state index in [0.717, 1.165) is 0 Å². The average molecular weight is 184 g/mol. The van der Waals surface area contributed by atoms with Crippen LogP contribution in [0.1, 0.15) is 6.42 Å². The van der Waals surface area contributed by atoms with E-state index >= 15 is 0 Å². The Balaban J connectivity index is 4.35. The van der Waals surface area contributed by atoms with Crippen molar-refractivity contribution in [3.05, 3.63) is 0 Å². The van der Waals surface area contributed by atoms with Gasteiger partial charge in [0.25, 0.3) is 0 Å². The van der Waals surface area contributed by atoms with E-state index in [1.54, 1.807) is 0 Å². The van der Waals surface area contributed by atoms with Crippen LogP contribution < -0.4 is 0 Å². The summed E-state index contributed by atoms with van der Waals surface area (Å²) in [4.78, 5) is 26.9. The van der Waals surface area contributed by atoms with Crippen molar-refractivity contribution in [2.24, 2.45) is 0 Å². The van der Waals surface area contributed by atoms with E-state index in [-0.39, 0.29) is 0 Å². The molecule has 0 fully saturated rings. The number of hydrogen-bond acceptors (Lipinski definition) is 3. The third kappa shape index (κ3) is 3.48. The summed E-state index contributed by atoms with van der Waals surface area (Å²) in [6.45, 7) is -0.553. The molecule has 0 aromatic carbocycles. The number of aliphatic carboxylic acids is 1. The van der Waals surface area contributed by atoms with Crippen molar-refractivity contribution in [1.82, 2.24) is 0 Å². The van der Waals surface area contributed by atoms with Gasteiger partial charge in [-0.2, -0.15) is 0 Å². The first-order valence-electron chi connectivity index (χ1n) is 2.78. The van der Waals surface area contributed by atoms with Crippen LogP contribution in [0.15, 0.2) is 0 Å². The molecule has 0 heterocycles. The standard InChI is InChI=1S/C4H9O6P/c5-2-1-3(4(6)7)11(8,9)10/h3,5H,1-2H2,(H,6,7)(H2,8,9,10). The van der Waals surface area contributed by atoms with Gasteiger partial charge in [-0.1, -0.05) is 0 Å². The summed E-state index contributed by atoms with van der Waals surface area (Å²) >= 11 is 0. The maximum absolute atomic E-state index is 10.4. The number of aliphatic hydroxyl groups is 1. The first-order chi connectivity index (χ1) is 4.89. The van der Waals surface area contributed by atoms with Crippen LogP contribution in [0.3, 0.4) is 0 Å². The van der Waals surface area contributed by atoms with Crippen molar-refractivity contribution in [3.63, 3.8) is 0 Å². The molecular formula is C4H9O6P. The monoisotopic (exact) mass is 184 g/mol. The normalized spacial score (nSPS) is 14.5. The fraction of sp³-hybridized carbons (Fsp3) is 0.750. The third-order valence-corrected chi connectivity index (χ3v) is 2.38. The second-order valence-electron chi connectivity index (χ2n) is 1.96. The molecule has 0 rings (SSSR count). The van der Waals surface area contributed by atoms with E-state index in [1.807, 2.05) is 0 Å². The Kier molecular flexibility index (Phi) is 3.68. The molecule has 7 heteroatoms. The summed E-state index contributed by atoms with van der Waals surface area (Å²) in [5.41, 5.74) is -1.78. The third-order valence-electron chi connectivity index (χ3n) is 1.09. The quantitative estimate of drug-likeness (QED) is 0.416. The highest BCUT2D eigenvalue weighted by molar-refractivity contribution is 7.53. The molecule has 0 amide bonds. The molecule has 0 aliphatic carbocycles. The van der Waals surface area contributed by atoms with Crippen molar-refractivity contribution in [1.29, 1.82) is 0 Å². The van der Waals surface area contributed by atoms with Crippen molar-refractivity contribution in [2.75, 3.05) is 6.61 Å². The van der Waals surface area contributed by atoms with Gasteiger partial charge in [-0.25, -0.2) is 0 Å². The van der Waals surface area contributed by atoms with Gasteiger partial charge < -0.3 is 20.0 Å². The van der Waals surface area contributed by atoms with E-state index in [4.69, 9.17) is 20.0 Å². The van der Waals surface area contributed by atoms with Crippen molar-refractivity contribution >= 4 is 13.6 Å². The van der Waals surface area contributed by atoms with Gasteiger partial charge in [-0.3, -0.25) is 9.36 Å². The Morgan fingerprint density at radius 2 is 1.91 bits per heavy atom. The zero-order valence-electron chi connectivity index (χ0n) is 5.54. The first kappa shape index (κ1) is 10.6. The van der Waals surface area contributed by atoms with Gasteiger partial charge in [0.05, 0.1) is 0 Å². The lowest BCUT2D eigenvalue weighted by atomic mass is 10.3. The van der Waals surface area contributed by atoms with Crippen LogP contribution in [0.5, 0.6) is 0 Å². The molecule has 4 N–H and O–H groups in total. The summed E-state index contributed by atoms with van der Waals surface area (Å²) in [6, 6.07) is 0. The molecule has 0 radical (unpaired) electrons. The second-order valence-corrected chi connectivity index (χ2v) is 3.76. The number of carboxylic acids is 1. The Hall–Kier alpha value is -0.420. The number of carbonyl (C=O) groups is 1. The van der Waals surface area contributed by atoms with Crippen molar-refractivity contribution in [2.45, 2.75) is 12.1 Å². The fourth-order valence-corrected chi connectivity index (χ4v) is 1.30. The molecule has 0 aliphatic rings. The molecule has 0 bridgehead atoms. The fourth-order valence-electron chi connectivity index (χ4n) is 0.558. The topological polar surface area (TPSA) is 115 Å². The van der Waals surface area contributed by atoms with Crippen molar-refractivity contribution < 1.29 is 29.4 Å². The highest BCUT2D eigenvalue weighted by atomic mass is 31.2. The maximum Gasteiger partial charge on any atom is 0.339 e. The summed E-state index contributed by atoms with van der Waals surface area (Å²) in [5, 5.41) is 16.5. The molecule has 0 aromatic heterocycles. The zero-order valence-corrected chi connectivity index (χ0v) is 6.44. The van der Waals surface area contributed by atoms with E-state index in [1.165, 1.54) is 0 Å². The highest BCUT2D eigenvalue weighted by Gasteiger charge is 2.34. The molecule has 1 unspecified atom stereocenters. The summed E-state index contributed by atoms with van der Waals surface area (Å²) in [7, 11) is -4.61. The lowest BCUT2D eigenvalue weighted by molar-refractivity contribution is -0.137. The number of hydrogen-bond donors (Lipinski definition) is 4. The summed E-state index contributed by atoms with van der Waals surface area (Å²) in [5.74, 6) is -1.59. The van der Waals surface area contributed by atoms with Gasteiger partial charge in [0.2, 0.25) is 0 Å². The van der Waals surface area contributed by atoms with E-state index in [9.17, 15) is 9.36 Å². The molecule has 1 atom stereocenters. The molecule has 0 saturated heterocycles. The molecule has 6 nitrogen and oxygen atoms in total. The predicted molar refractivity (Wildman–Crippen MR) is 35.2 cm³/mol. The molecule has 11 heavy (non-hydrogen) atoms. The van der Waals surface area contributed by atoms with Gasteiger partial charge in [0.15, 0.2) is 5.66 Å². The minimum Gasteiger partial charge on any atom is -0.481 e. The van der Waals surface area contributed by atoms with Crippen LogP contribution in [0, 0.1) is 0 Å². The zero-order chi connectivity index (χ0) is 9.07. The predicted octanol–water partition coefficient (Wildman–Crippen LogP) is -1.00. The molecule has 66 valence electrons. The summed E-state index contributed by atoms with van der Waals surface area (Å²) < 4.78 is 10.4. The maximum atomic E-state index is 10.4. The van der Waals surface area contributed by atoms with E-state index in [0.29, 0.717) is 0 Å². The van der Waals surface area contributed by atoms with Crippen LogP contribution in [-0.2, 0) is 9.36 Å². The van der Waals surface area contributed by atoms with Gasteiger partial charge in [0.1, 0.15) is 0 Å². The van der Waals surface area contributed by atoms with Crippen LogP contribution in [0.25, 0.3) is 0 Å². The Morgan fingerprint density at radius 1 is 1.45 bits per heavy atom. The van der Waals surface area contributed by atoms with Crippen LogP contribution in [0.2, 0.25) is 0 Å². The number of aliphatic hydroxyl groups excluding tert-OH is 1. The van der Waals surface area contributed by atoms with E-state index < -0.39 is 32.3 Å².